The number of methoxy groups -OCH3 is 1. The summed E-state index contributed by atoms with van der Waals surface area (Å²) in [6.45, 7) is 14.9. The van der Waals surface area contributed by atoms with Crippen LogP contribution in [0.2, 0.25) is 0 Å². The van der Waals surface area contributed by atoms with E-state index in [1.54, 1.807) is 14.0 Å². The van der Waals surface area contributed by atoms with Crippen molar-refractivity contribution in [3.63, 3.8) is 0 Å². The molecule has 4 atom stereocenters. The number of hydrogen-bond donors (Lipinski definition) is 2. The van der Waals surface area contributed by atoms with Gasteiger partial charge in [0.25, 0.3) is 0 Å². The monoisotopic (exact) mass is 338 g/mol. The third-order valence-electron chi connectivity index (χ3n) is 2.65. The molecule has 0 aliphatic heterocycles. The van der Waals surface area contributed by atoms with Crippen LogP contribution >= 0.6 is 0 Å². The summed E-state index contributed by atoms with van der Waals surface area (Å²) in [6.07, 6.45) is -0.348. The molecule has 23 heavy (non-hydrogen) atoms. The molecule has 6 nitrogen and oxygen atoms in total. The van der Waals surface area contributed by atoms with Gasteiger partial charge in [-0.15, -0.1) is 0 Å². The fourth-order valence-electron chi connectivity index (χ4n) is 1.14. The molecule has 0 heterocycles. The summed E-state index contributed by atoms with van der Waals surface area (Å²) in [5, 5.41) is 17.5. The normalized spacial score (nSPS) is 17.0. The summed E-state index contributed by atoms with van der Waals surface area (Å²) in [5.74, 6) is 0. The lowest BCUT2D eigenvalue weighted by molar-refractivity contribution is -0.0677. The van der Waals surface area contributed by atoms with Crippen LogP contribution in [0.15, 0.2) is 0 Å². The van der Waals surface area contributed by atoms with Gasteiger partial charge in [-0.05, 0) is 48.5 Å². The molecule has 0 rings (SSSR count). The van der Waals surface area contributed by atoms with Crippen molar-refractivity contribution in [1.82, 2.24) is 0 Å². The summed E-state index contributed by atoms with van der Waals surface area (Å²) in [5.41, 5.74) is -0.128. The van der Waals surface area contributed by atoms with Gasteiger partial charge in [0.05, 0.1) is 56.4 Å². The molecule has 142 valence electrons. The van der Waals surface area contributed by atoms with Crippen molar-refractivity contribution >= 4 is 0 Å². The summed E-state index contributed by atoms with van der Waals surface area (Å²) in [6, 6.07) is 0. The molecule has 0 saturated carbocycles. The molecule has 0 bridgehead atoms. The van der Waals surface area contributed by atoms with Crippen LogP contribution in [0.1, 0.15) is 48.5 Å². The standard InChI is InChI=1S/C10H22O4.C7H16O2/c1-8(5-11)13-7-10(3)14-6-9(2)12-4;1-6(8)5-9-7(2,3)4/h8-11H,5-7H2,1-4H3;6,8H,5H2,1-4H3. The van der Waals surface area contributed by atoms with Crippen LogP contribution in [0, 0.1) is 0 Å². The van der Waals surface area contributed by atoms with Gasteiger partial charge >= 0.3 is 0 Å². The smallest absolute Gasteiger partial charge is 0.0781 e. The molecule has 0 aromatic rings. The van der Waals surface area contributed by atoms with E-state index >= 15 is 0 Å². The lowest BCUT2D eigenvalue weighted by Gasteiger charge is -2.20. The first-order chi connectivity index (χ1) is 10.5. The first-order valence-electron chi connectivity index (χ1n) is 8.20. The summed E-state index contributed by atoms with van der Waals surface area (Å²) >= 11 is 0. The minimum Gasteiger partial charge on any atom is -0.394 e. The first kappa shape index (κ1) is 25.0. The minimum atomic E-state index is -0.357. The molecule has 0 aromatic carbocycles. The Morgan fingerprint density at radius 2 is 1.30 bits per heavy atom. The summed E-state index contributed by atoms with van der Waals surface area (Å²) < 4.78 is 21.0. The molecule has 0 saturated heterocycles. The van der Waals surface area contributed by atoms with Crippen molar-refractivity contribution in [2.45, 2.75) is 78.5 Å². The predicted molar refractivity (Wildman–Crippen MR) is 91.8 cm³/mol. The third kappa shape index (κ3) is 21.8. The average Bonchev–Trinajstić information content (AvgIpc) is 2.47. The van der Waals surface area contributed by atoms with E-state index in [0.29, 0.717) is 19.8 Å². The van der Waals surface area contributed by atoms with E-state index in [0.717, 1.165) is 0 Å². The zero-order valence-electron chi connectivity index (χ0n) is 16.2. The van der Waals surface area contributed by atoms with E-state index in [2.05, 4.69) is 0 Å². The quantitative estimate of drug-likeness (QED) is 0.634. The van der Waals surface area contributed by atoms with E-state index in [1.165, 1.54) is 0 Å². The Balaban J connectivity index is 0. The van der Waals surface area contributed by atoms with Gasteiger partial charge in [-0.3, -0.25) is 0 Å². The van der Waals surface area contributed by atoms with E-state index in [4.69, 9.17) is 29.2 Å². The first-order valence-corrected chi connectivity index (χ1v) is 8.20. The Bertz CT molecular complexity index is 238. The SMILES string of the molecule is CC(O)COC(C)(C)C.COC(C)COC(C)COC(C)CO. The van der Waals surface area contributed by atoms with Gasteiger partial charge in [-0.25, -0.2) is 0 Å². The molecular weight excluding hydrogens is 300 g/mol. The molecule has 0 spiro atoms. The van der Waals surface area contributed by atoms with Crippen molar-refractivity contribution in [3.05, 3.63) is 0 Å². The van der Waals surface area contributed by atoms with E-state index in [1.807, 2.05) is 41.5 Å². The molecule has 2 N–H and O–H groups in total. The zero-order chi connectivity index (χ0) is 18.5. The molecule has 0 aliphatic carbocycles. The Kier molecular flexibility index (Phi) is 15.4. The summed E-state index contributed by atoms with van der Waals surface area (Å²) in [4.78, 5) is 0. The minimum absolute atomic E-state index is 0.0293. The molecule has 6 heteroatoms. The Morgan fingerprint density at radius 3 is 1.65 bits per heavy atom. The molecule has 0 amide bonds. The van der Waals surface area contributed by atoms with Crippen LogP contribution in [0.25, 0.3) is 0 Å². The van der Waals surface area contributed by atoms with Crippen LogP contribution in [0.5, 0.6) is 0 Å². The van der Waals surface area contributed by atoms with Crippen LogP contribution in [-0.4, -0.2) is 73.8 Å². The fourth-order valence-corrected chi connectivity index (χ4v) is 1.14. The maximum absolute atomic E-state index is 8.79. The van der Waals surface area contributed by atoms with Crippen LogP contribution in [-0.2, 0) is 18.9 Å². The number of ether oxygens (including phenoxy) is 4. The van der Waals surface area contributed by atoms with E-state index in [-0.39, 0.29) is 36.6 Å². The molecule has 0 fully saturated rings. The van der Waals surface area contributed by atoms with Crippen molar-refractivity contribution < 1.29 is 29.2 Å². The highest BCUT2D eigenvalue weighted by molar-refractivity contribution is 4.59. The summed E-state index contributed by atoms with van der Waals surface area (Å²) in [7, 11) is 1.66. The van der Waals surface area contributed by atoms with Crippen molar-refractivity contribution in [2.75, 3.05) is 33.5 Å². The second kappa shape index (κ2) is 14.1. The Hall–Kier alpha value is -0.240. The topological polar surface area (TPSA) is 77.4 Å². The largest absolute Gasteiger partial charge is 0.394 e. The van der Waals surface area contributed by atoms with Gasteiger partial charge in [-0.2, -0.15) is 0 Å². The molecule has 4 unspecified atom stereocenters. The number of rotatable bonds is 10. The Labute approximate surface area is 142 Å². The van der Waals surface area contributed by atoms with Crippen molar-refractivity contribution in [1.29, 1.82) is 0 Å². The van der Waals surface area contributed by atoms with Gasteiger partial charge < -0.3 is 29.2 Å². The highest BCUT2D eigenvalue weighted by Gasteiger charge is 2.10. The maximum atomic E-state index is 8.79. The second-order valence-electron chi connectivity index (χ2n) is 6.79. The van der Waals surface area contributed by atoms with Crippen LogP contribution in [0.3, 0.4) is 0 Å². The Morgan fingerprint density at radius 1 is 0.826 bits per heavy atom. The molecule has 0 aromatic heterocycles. The van der Waals surface area contributed by atoms with Crippen LogP contribution < -0.4 is 0 Å². The van der Waals surface area contributed by atoms with Crippen molar-refractivity contribution in [3.8, 4) is 0 Å². The van der Waals surface area contributed by atoms with E-state index in [9.17, 15) is 0 Å². The third-order valence-corrected chi connectivity index (χ3v) is 2.65. The molecule has 0 radical (unpaired) electrons. The highest BCUT2D eigenvalue weighted by atomic mass is 16.6. The lowest BCUT2D eigenvalue weighted by Crippen LogP contribution is -2.25. The fraction of sp³-hybridized carbons (Fsp3) is 1.00. The number of hydrogen-bond acceptors (Lipinski definition) is 6. The molecule has 0 aliphatic rings. The van der Waals surface area contributed by atoms with Gasteiger partial charge in [0.2, 0.25) is 0 Å². The van der Waals surface area contributed by atoms with E-state index < -0.39 is 0 Å². The maximum Gasteiger partial charge on any atom is 0.0781 e. The second-order valence-corrected chi connectivity index (χ2v) is 6.79. The van der Waals surface area contributed by atoms with Gasteiger partial charge in [0, 0.05) is 7.11 Å². The van der Waals surface area contributed by atoms with Crippen LogP contribution in [0.4, 0.5) is 0 Å². The van der Waals surface area contributed by atoms with Gasteiger partial charge in [0.15, 0.2) is 0 Å². The lowest BCUT2D eigenvalue weighted by atomic mass is 10.2. The average molecular weight is 338 g/mol. The predicted octanol–water partition coefficient (Wildman–Crippen LogP) is 2.01. The van der Waals surface area contributed by atoms with Gasteiger partial charge in [0.1, 0.15) is 0 Å². The number of aliphatic hydroxyl groups is 2. The zero-order valence-corrected chi connectivity index (χ0v) is 16.2. The highest BCUT2D eigenvalue weighted by Crippen LogP contribution is 2.06. The van der Waals surface area contributed by atoms with Gasteiger partial charge in [-0.1, -0.05) is 0 Å². The number of aliphatic hydroxyl groups excluding tert-OH is 2. The molecular formula is C17H38O6. The van der Waals surface area contributed by atoms with Crippen molar-refractivity contribution in [2.24, 2.45) is 0 Å².